The fourth-order valence-corrected chi connectivity index (χ4v) is 7.17. The number of para-hydroxylation sites is 4. The number of fused-ring (bicyclic) bond motifs is 7. The van der Waals surface area contributed by atoms with Gasteiger partial charge in [0.15, 0.2) is 0 Å². The molecule has 0 aliphatic rings. The van der Waals surface area contributed by atoms with Gasteiger partial charge in [-0.3, -0.25) is 0 Å². The standard InChI is InChI=1S/C36H24N2S/c1-4-14-25(15-5-1)37(26-16-6-2-7-17-26)32-24-30-28-20-10-12-22-31(28)38(27-18-8-3-9-19-27)35(30)36-34(32)29-21-11-13-23-33(29)39-36/h1-24H. The normalized spacial score (nSPS) is 11.6. The van der Waals surface area contributed by atoms with E-state index < -0.39 is 0 Å². The highest BCUT2D eigenvalue weighted by Gasteiger charge is 2.24. The minimum Gasteiger partial charge on any atom is -0.310 e. The Bertz CT molecular complexity index is 2070. The smallest absolute Gasteiger partial charge is 0.0721 e. The van der Waals surface area contributed by atoms with Crippen LogP contribution < -0.4 is 4.90 Å². The molecule has 0 fully saturated rings. The summed E-state index contributed by atoms with van der Waals surface area (Å²) < 4.78 is 5.05. The van der Waals surface area contributed by atoms with E-state index >= 15 is 0 Å². The zero-order valence-corrected chi connectivity index (χ0v) is 22.0. The fourth-order valence-electron chi connectivity index (χ4n) is 5.91. The molecule has 2 heterocycles. The highest BCUT2D eigenvalue weighted by Crippen LogP contribution is 2.50. The van der Waals surface area contributed by atoms with Gasteiger partial charge in [-0.15, -0.1) is 11.3 Å². The Morgan fingerprint density at radius 1 is 0.513 bits per heavy atom. The van der Waals surface area contributed by atoms with Crippen molar-refractivity contribution in [3.05, 3.63) is 146 Å². The predicted octanol–water partition coefficient (Wildman–Crippen LogP) is 10.6. The monoisotopic (exact) mass is 516 g/mol. The third-order valence-corrected chi connectivity index (χ3v) is 8.72. The molecular weight excluding hydrogens is 492 g/mol. The minimum absolute atomic E-state index is 1.14. The average molecular weight is 517 g/mol. The van der Waals surface area contributed by atoms with Crippen molar-refractivity contribution in [1.82, 2.24) is 4.57 Å². The second-order valence-electron chi connectivity index (χ2n) is 9.79. The summed E-state index contributed by atoms with van der Waals surface area (Å²) >= 11 is 1.89. The van der Waals surface area contributed by atoms with Gasteiger partial charge in [0.05, 0.1) is 21.4 Å². The molecule has 0 unspecified atom stereocenters. The average Bonchev–Trinajstić information content (AvgIpc) is 3.55. The molecule has 39 heavy (non-hydrogen) atoms. The van der Waals surface area contributed by atoms with Gasteiger partial charge >= 0.3 is 0 Å². The zero-order valence-electron chi connectivity index (χ0n) is 21.2. The largest absolute Gasteiger partial charge is 0.310 e. The molecule has 0 radical (unpaired) electrons. The summed E-state index contributed by atoms with van der Waals surface area (Å²) in [7, 11) is 0. The van der Waals surface area contributed by atoms with Crippen molar-refractivity contribution in [3.63, 3.8) is 0 Å². The Labute approximate surface area is 230 Å². The van der Waals surface area contributed by atoms with Crippen LogP contribution in [-0.2, 0) is 0 Å². The van der Waals surface area contributed by atoms with E-state index in [1.165, 1.54) is 53.4 Å². The molecule has 184 valence electrons. The van der Waals surface area contributed by atoms with Crippen LogP contribution in [0.15, 0.2) is 146 Å². The van der Waals surface area contributed by atoms with E-state index in [-0.39, 0.29) is 0 Å². The molecule has 0 aliphatic heterocycles. The van der Waals surface area contributed by atoms with Crippen LogP contribution in [0.2, 0.25) is 0 Å². The lowest BCUT2D eigenvalue weighted by atomic mass is 10.0. The van der Waals surface area contributed by atoms with Crippen molar-refractivity contribution < 1.29 is 0 Å². The third-order valence-electron chi connectivity index (χ3n) is 7.55. The van der Waals surface area contributed by atoms with Crippen LogP contribution in [0.5, 0.6) is 0 Å². The van der Waals surface area contributed by atoms with Crippen LogP contribution in [-0.4, -0.2) is 4.57 Å². The molecule has 0 N–H and O–H groups in total. The Morgan fingerprint density at radius 3 is 1.77 bits per heavy atom. The Kier molecular flexibility index (Phi) is 5.04. The number of anilines is 3. The number of hydrogen-bond acceptors (Lipinski definition) is 2. The van der Waals surface area contributed by atoms with E-state index in [1.54, 1.807) is 0 Å². The van der Waals surface area contributed by atoms with Gasteiger partial charge in [-0.25, -0.2) is 0 Å². The van der Waals surface area contributed by atoms with Crippen LogP contribution in [0.25, 0.3) is 47.7 Å². The van der Waals surface area contributed by atoms with E-state index in [0.717, 1.165) is 11.4 Å². The molecular formula is C36H24N2S. The van der Waals surface area contributed by atoms with E-state index in [1.807, 2.05) is 11.3 Å². The van der Waals surface area contributed by atoms with E-state index in [9.17, 15) is 0 Å². The first-order chi connectivity index (χ1) is 19.4. The molecule has 0 saturated heterocycles. The molecule has 8 aromatic rings. The summed E-state index contributed by atoms with van der Waals surface area (Å²) in [6.45, 7) is 0. The van der Waals surface area contributed by atoms with Crippen molar-refractivity contribution >= 4 is 70.4 Å². The van der Waals surface area contributed by atoms with Gasteiger partial charge in [0.1, 0.15) is 0 Å². The number of nitrogens with zero attached hydrogens (tertiary/aromatic N) is 2. The maximum absolute atomic E-state index is 2.45. The van der Waals surface area contributed by atoms with Gasteiger partial charge in [0.25, 0.3) is 0 Å². The van der Waals surface area contributed by atoms with Gasteiger partial charge in [-0.2, -0.15) is 0 Å². The molecule has 3 heteroatoms. The van der Waals surface area contributed by atoms with Crippen molar-refractivity contribution in [2.75, 3.05) is 4.90 Å². The van der Waals surface area contributed by atoms with Crippen molar-refractivity contribution in [1.29, 1.82) is 0 Å². The zero-order chi connectivity index (χ0) is 25.8. The minimum atomic E-state index is 1.14. The molecule has 0 saturated carbocycles. The number of aromatic nitrogens is 1. The van der Waals surface area contributed by atoms with Crippen LogP contribution >= 0.6 is 11.3 Å². The molecule has 0 spiro atoms. The van der Waals surface area contributed by atoms with Gasteiger partial charge in [0.2, 0.25) is 0 Å². The van der Waals surface area contributed by atoms with Gasteiger partial charge in [-0.1, -0.05) is 91.0 Å². The fraction of sp³-hybridized carbons (Fsp3) is 0. The summed E-state index contributed by atoms with van der Waals surface area (Å²) in [6.07, 6.45) is 0. The highest BCUT2D eigenvalue weighted by atomic mass is 32.1. The first-order valence-corrected chi connectivity index (χ1v) is 14.0. The summed E-state index contributed by atoms with van der Waals surface area (Å²) in [6, 6.07) is 52.2. The highest BCUT2D eigenvalue weighted by molar-refractivity contribution is 7.26. The summed E-state index contributed by atoms with van der Waals surface area (Å²) in [5.74, 6) is 0. The SMILES string of the molecule is c1ccc(N(c2ccccc2)c2cc3c4ccccc4n(-c4ccccc4)c3c3sc4ccccc4c23)cc1. The lowest BCUT2D eigenvalue weighted by Gasteiger charge is -2.27. The van der Waals surface area contributed by atoms with Crippen LogP contribution in [0.4, 0.5) is 17.1 Å². The predicted molar refractivity (Wildman–Crippen MR) is 168 cm³/mol. The number of benzene rings is 6. The molecule has 6 aromatic carbocycles. The molecule has 0 bridgehead atoms. The van der Waals surface area contributed by atoms with E-state index in [2.05, 4.69) is 155 Å². The molecule has 0 amide bonds. The van der Waals surface area contributed by atoms with Crippen LogP contribution in [0, 0.1) is 0 Å². The molecule has 2 aromatic heterocycles. The van der Waals surface area contributed by atoms with Crippen molar-refractivity contribution in [3.8, 4) is 5.69 Å². The second kappa shape index (κ2) is 8.87. The van der Waals surface area contributed by atoms with Gasteiger partial charge in [-0.05, 0) is 54.6 Å². The van der Waals surface area contributed by atoms with Crippen LogP contribution in [0.3, 0.4) is 0 Å². The first-order valence-electron chi connectivity index (χ1n) is 13.2. The maximum atomic E-state index is 2.45. The van der Waals surface area contributed by atoms with Gasteiger partial charge in [0, 0.05) is 43.3 Å². The van der Waals surface area contributed by atoms with E-state index in [4.69, 9.17) is 0 Å². The number of rotatable bonds is 4. The summed E-state index contributed by atoms with van der Waals surface area (Å²) in [4.78, 5) is 2.41. The first kappa shape index (κ1) is 22.2. The number of hydrogen-bond donors (Lipinski definition) is 0. The van der Waals surface area contributed by atoms with Crippen molar-refractivity contribution in [2.24, 2.45) is 0 Å². The molecule has 0 atom stereocenters. The second-order valence-corrected chi connectivity index (χ2v) is 10.8. The van der Waals surface area contributed by atoms with Crippen LogP contribution in [0.1, 0.15) is 0 Å². The van der Waals surface area contributed by atoms with E-state index in [0.29, 0.717) is 0 Å². The molecule has 0 aliphatic carbocycles. The maximum Gasteiger partial charge on any atom is 0.0721 e. The Morgan fingerprint density at radius 2 is 1.08 bits per heavy atom. The Hall–Kier alpha value is -4.86. The summed E-state index contributed by atoms with van der Waals surface area (Å²) in [5, 5.41) is 5.10. The lowest BCUT2D eigenvalue weighted by Crippen LogP contribution is -2.10. The van der Waals surface area contributed by atoms with Crippen molar-refractivity contribution in [2.45, 2.75) is 0 Å². The topological polar surface area (TPSA) is 8.17 Å². The Balaban J connectivity index is 1.60. The molecule has 2 nitrogen and oxygen atoms in total. The number of thiophene rings is 1. The third kappa shape index (κ3) is 3.41. The van der Waals surface area contributed by atoms with Gasteiger partial charge < -0.3 is 9.47 Å². The lowest BCUT2D eigenvalue weighted by molar-refractivity contribution is 1.19. The molecule has 8 rings (SSSR count). The summed E-state index contributed by atoms with van der Waals surface area (Å²) in [5.41, 5.74) is 7.16. The quantitative estimate of drug-likeness (QED) is 0.226.